The number of nitrogen functional groups attached to an aromatic ring is 1. The number of amides is 3. The molecular weight excluding hydrogens is 580 g/mol. The van der Waals surface area contributed by atoms with E-state index in [-0.39, 0.29) is 35.5 Å². The average Bonchev–Trinajstić information content (AvgIpc) is 3.78. The maximum absolute atomic E-state index is 15.1. The van der Waals surface area contributed by atoms with Gasteiger partial charge in [0.05, 0.1) is 32.3 Å². The van der Waals surface area contributed by atoms with Crippen LogP contribution in [0.1, 0.15) is 51.3 Å². The minimum atomic E-state index is -3.25. The van der Waals surface area contributed by atoms with Crippen LogP contribution in [0.2, 0.25) is 0 Å². The molecule has 3 heterocycles. The van der Waals surface area contributed by atoms with Crippen molar-refractivity contribution in [3.05, 3.63) is 81.0 Å². The SMILES string of the molecule is C[C@@H](NC(=O)[C@@H]1CC2(CN1C(=O)CNC(=O)c1ccc3c(c1)C(F)(F)c1ccccc1-3)OCCO2)c1cc(C(=N)N)cs1. The van der Waals surface area contributed by atoms with E-state index >= 15 is 8.78 Å². The van der Waals surface area contributed by atoms with E-state index in [1.807, 2.05) is 0 Å². The molecule has 1 spiro atoms. The first-order chi connectivity index (χ1) is 20.5. The van der Waals surface area contributed by atoms with Gasteiger partial charge in [-0.2, -0.15) is 8.78 Å². The molecule has 2 saturated heterocycles. The second-order valence-electron chi connectivity index (χ2n) is 10.8. The van der Waals surface area contributed by atoms with Gasteiger partial charge in [-0.05, 0) is 36.2 Å². The second-order valence-corrected chi connectivity index (χ2v) is 11.7. The zero-order valence-corrected chi connectivity index (χ0v) is 23.9. The van der Waals surface area contributed by atoms with Crippen molar-refractivity contribution >= 4 is 34.9 Å². The molecule has 6 rings (SSSR count). The summed E-state index contributed by atoms with van der Waals surface area (Å²) in [5, 5.41) is 14.7. The van der Waals surface area contributed by atoms with Gasteiger partial charge < -0.3 is 30.7 Å². The molecule has 1 aromatic heterocycles. The Labute approximate surface area is 249 Å². The number of benzene rings is 2. The fraction of sp³-hybridized carbons (Fsp3) is 0.333. The summed E-state index contributed by atoms with van der Waals surface area (Å²) in [6, 6.07) is 10.7. The van der Waals surface area contributed by atoms with Gasteiger partial charge in [-0.1, -0.05) is 30.3 Å². The highest BCUT2D eigenvalue weighted by molar-refractivity contribution is 7.10. The summed E-state index contributed by atoms with van der Waals surface area (Å²) in [4.78, 5) is 41.9. The topological polar surface area (TPSA) is 147 Å². The number of carbonyl (C=O) groups is 3. The summed E-state index contributed by atoms with van der Waals surface area (Å²) in [6.45, 7) is 1.95. The molecule has 0 bridgehead atoms. The summed E-state index contributed by atoms with van der Waals surface area (Å²) >= 11 is 1.35. The number of likely N-dealkylation sites (tertiary alicyclic amines) is 1. The maximum atomic E-state index is 15.1. The number of alkyl halides is 2. The van der Waals surface area contributed by atoms with E-state index < -0.39 is 48.1 Å². The first-order valence-electron chi connectivity index (χ1n) is 13.7. The van der Waals surface area contributed by atoms with Crippen molar-refractivity contribution in [3.8, 4) is 11.1 Å². The molecule has 0 saturated carbocycles. The minimum Gasteiger partial charge on any atom is -0.384 e. The van der Waals surface area contributed by atoms with Gasteiger partial charge in [-0.3, -0.25) is 19.8 Å². The lowest BCUT2D eigenvalue weighted by Gasteiger charge is -2.25. The molecule has 0 unspecified atom stereocenters. The number of nitrogens with one attached hydrogen (secondary N) is 3. The van der Waals surface area contributed by atoms with Crippen molar-refractivity contribution in [2.75, 3.05) is 26.3 Å². The Morgan fingerprint density at radius 2 is 1.81 bits per heavy atom. The molecule has 2 atom stereocenters. The summed E-state index contributed by atoms with van der Waals surface area (Å²) in [7, 11) is 0. The molecule has 3 aliphatic rings. The Hall–Kier alpha value is -4.20. The van der Waals surface area contributed by atoms with E-state index in [9.17, 15) is 14.4 Å². The van der Waals surface area contributed by atoms with Crippen LogP contribution in [0, 0.1) is 5.41 Å². The number of nitrogens with two attached hydrogens (primary N) is 1. The van der Waals surface area contributed by atoms with E-state index in [2.05, 4.69) is 10.6 Å². The number of ether oxygens (including phenoxy) is 2. The molecule has 43 heavy (non-hydrogen) atoms. The number of nitrogens with zero attached hydrogens (tertiary/aromatic N) is 1. The number of carbonyl (C=O) groups excluding carboxylic acids is 3. The summed E-state index contributed by atoms with van der Waals surface area (Å²) < 4.78 is 41.8. The molecule has 2 fully saturated rings. The number of hydrogen-bond acceptors (Lipinski definition) is 7. The molecule has 0 radical (unpaired) electrons. The van der Waals surface area contributed by atoms with E-state index in [4.69, 9.17) is 20.6 Å². The van der Waals surface area contributed by atoms with E-state index in [1.54, 1.807) is 36.6 Å². The number of fused-ring (bicyclic) bond motifs is 3. The number of amidine groups is 1. The molecule has 5 N–H and O–H groups in total. The predicted octanol–water partition coefficient (Wildman–Crippen LogP) is 3.10. The number of halogens is 2. The molecule has 2 aliphatic heterocycles. The van der Waals surface area contributed by atoms with Gasteiger partial charge in [0, 0.05) is 38.9 Å². The Bertz CT molecular complexity index is 1640. The number of thiophene rings is 1. The molecule has 1 aliphatic carbocycles. The van der Waals surface area contributed by atoms with Crippen molar-refractivity contribution in [2.24, 2.45) is 5.73 Å². The third-order valence-electron chi connectivity index (χ3n) is 8.02. The van der Waals surface area contributed by atoms with Gasteiger partial charge in [0.2, 0.25) is 11.8 Å². The Balaban J connectivity index is 1.14. The van der Waals surface area contributed by atoms with Gasteiger partial charge in [0.1, 0.15) is 11.9 Å². The zero-order chi connectivity index (χ0) is 30.5. The molecule has 224 valence electrons. The monoisotopic (exact) mass is 609 g/mol. The molecule has 3 aromatic rings. The normalized spacial score (nSPS) is 20.0. The molecule has 3 amide bonds. The first-order valence-corrected chi connectivity index (χ1v) is 14.6. The van der Waals surface area contributed by atoms with Gasteiger partial charge >= 0.3 is 0 Å². The Morgan fingerprint density at radius 3 is 2.53 bits per heavy atom. The van der Waals surface area contributed by atoms with Gasteiger partial charge in [-0.25, -0.2) is 0 Å². The van der Waals surface area contributed by atoms with Crippen LogP contribution in [-0.2, 0) is 25.0 Å². The number of hydrogen-bond donors (Lipinski definition) is 4. The smallest absolute Gasteiger partial charge is 0.299 e. The van der Waals surface area contributed by atoms with Crippen LogP contribution in [0.25, 0.3) is 11.1 Å². The lowest BCUT2D eigenvalue weighted by molar-refractivity contribution is -0.152. The molecule has 13 heteroatoms. The van der Waals surface area contributed by atoms with Crippen molar-refractivity contribution in [2.45, 2.75) is 37.1 Å². The number of rotatable bonds is 7. The van der Waals surface area contributed by atoms with Crippen molar-refractivity contribution in [1.82, 2.24) is 15.5 Å². The second kappa shape index (κ2) is 10.8. The Kier molecular flexibility index (Phi) is 7.27. The average molecular weight is 610 g/mol. The van der Waals surface area contributed by atoms with Crippen molar-refractivity contribution in [1.29, 1.82) is 5.41 Å². The summed E-state index contributed by atoms with van der Waals surface area (Å²) in [5.41, 5.74) is 6.49. The summed E-state index contributed by atoms with van der Waals surface area (Å²) in [6.07, 6.45) is 0.106. The van der Waals surface area contributed by atoms with Gasteiger partial charge in [0.15, 0.2) is 5.79 Å². The maximum Gasteiger partial charge on any atom is 0.299 e. The minimum absolute atomic E-state index is 0.00894. The highest BCUT2D eigenvalue weighted by atomic mass is 32.1. The van der Waals surface area contributed by atoms with E-state index in [1.165, 1.54) is 34.4 Å². The lowest BCUT2D eigenvalue weighted by Crippen LogP contribution is -2.49. The van der Waals surface area contributed by atoms with E-state index in [0.29, 0.717) is 29.9 Å². The fourth-order valence-electron chi connectivity index (χ4n) is 5.82. The zero-order valence-electron chi connectivity index (χ0n) is 23.1. The van der Waals surface area contributed by atoms with Gasteiger partial charge in [-0.15, -0.1) is 11.3 Å². The van der Waals surface area contributed by atoms with Crippen molar-refractivity contribution in [3.63, 3.8) is 0 Å². The van der Waals surface area contributed by atoms with Crippen LogP contribution in [0.3, 0.4) is 0 Å². The largest absolute Gasteiger partial charge is 0.384 e. The molecular formula is C30H29F2N5O5S. The Morgan fingerprint density at radius 1 is 1.09 bits per heavy atom. The third kappa shape index (κ3) is 5.17. The first kappa shape index (κ1) is 28.9. The lowest BCUT2D eigenvalue weighted by atomic mass is 10.0. The van der Waals surface area contributed by atoms with E-state index in [0.717, 1.165) is 10.9 Å². The van der Waals surface area contributed by atoms with Crippen LogP contribution >= 0.6 is 11.3 Å². The van der Waals surface area contributed by atoms with Crippen LogP contribution in [-0.4, -0.2) is 66.6 Å². The van der Waals surface area contributed by atoms with Crippen LogP contribution in [0.4, 0.5) is 8.78 Å². The highest BCUT2D eigenvalue weighted by Gasteiger charge is 2.52. The third-order valence-corrected chi connectivity index (χ3v) is 9.14. The standard InChI is InChI=1S/C30H29F2N5O5S/c1-16(24-11-18(14-43-24)26(33)34)36-28(40)23-12-29(41-8-9-42-29)15-37(23)25(38)13-35-27(39)17-6-7-20-19-4-2-3-5-21(19)30(31,32)22(20)10-17/h2-7,10-11,14,16,23H,8-9,12-13,15H2,1H3,(H3,33,34)(H,35,39)(H,36,40)/t16-,23+/m1/s1. The van der Waals surface area contributed by atoms with Gasteiger partial charge in [0.25, 0.3) is 11.8 Å². The summed E-state index contributed by atoms with van der Waals surface area (Å²) in [5.74, 6) is -6.13. The van der Waals surface area contributed by atoms with Crippen LogP contribution in [0.5, 0.6) is 0 Å². The molecule has 10 nitrogen and oxygen atoms in total. The van der Waals surface area contributed by atoms with Crippen molar-refractivity contribution < 1.29 is 32.6 Å². The highest BCUT2D eigenvalue weighted by Crippen LogP contribution is 2.51. The molecule has 2 aromatic carbocycles. The van der Waals surface area contributed by atoms with Crippen LogP contribution < -0.4 is 16.4 Å². The predicted molar refractivity (Wildman–Crippen MR) is 154 cm³/mol. The van der Waals surface area contributed by atoms with Crippen LogP contribution in [0.15, 0.2) is 53.9 Å². The fourth-order valence-corrected chi connectivity index (χ4v) is 6.74. The quantitative estimate of drug-likeness (QED) is 0.239.